The van der Waals surface area contributed by atoms with Crippen molar-refractivity contribution in [1.82, 2.24) is 5.32 Å². The first-order valence-electron chi connectivity index (χ1n) is 7.13. The van der Waals surface area contributed by atoms with E-state index in [-0.39, 0.29) is 23.8 Å². The van der Waals surface area contributed by atoms with Crippen LogP contribution in [0, 0.1) is 17.8 Å². The molecule has 106 valence electrons. The molecule has 2 rings (SSSR count). The second-order valence-electron chi connectivity index (χ2n) is 5.68. The van der Waals surface area contributed by atoms with E-state index < -0.39 is 0 Å². The molecule has 2 saturated carbocycles. The third kappa shape index (κ3) is 2.67. The van der Waals surface area contributed by atoms with Gasteiger partial charge >= 0.3 is 5.97 Å². The number of ether oxygens (including phenoxy) is 1. The number of carbonyl (C=O) groups is 2. The van der Waals surface area contributed by atoms with E-state index >= 15 is 0 Å². The van der Waals surface area contributed by atoms with Gasteiger partial charge in [0.1, 0.15) is 0 Å². The summed E-state index contributed by atoms with van der Waals surface area (Å²) in [5.41, 5.74) is 0.730. The van der Waals surface area contributed by atoms with Crippen LogP contribution in [0.1, 0.15) is 39.5 Å². The minimum absolute atomic E-state index is 0.0427. The van der Waals surface area contributed by atoms with Crippen LogP contribution in [0.25, 0.3) is 0 Å². The molecule has 0 aromatic rings. The maximum atomic E-state index is 12.1. The van der Waals surface area contributed by atoms with E-state index in [1.165, 1.54) is 7.11 Å². The van der Waals surface area contributed by atoms with Gasteiger partial charge in [-0.1, -0.05) is 13.0 Å². The zero-order chi connectivity index (χ0) is 14.0. The monoisotopic (exact) mass is 265 g/mol. The Morgan fingerprint density at radius 1 is 1.32 bits per heavy atom. The number of amides is 1. The Labute approximate surface area is 114 Å². The van der Waals surface area contributed by atoms with E-state index in [2.05, 4.69) is 5.32 Å². The Morgan fingerprint density at radius 2 is 2.00 bits per heavy atom. The summed E-state index contributed by atoms with van der Waals surface area (Å²) in [4.78, 5) is 24.0. The van der Waals surface area contributed by atoms with Gasteiger partial charge in [0.2, 0.25) is 5.91 Å². The molecule has 2 bridgehead atoms. The molecule has 0 aromatic heterocycles. The van der Waals surface area contributed by atoms with Crippen LogP contribution in [0.3, 0.4) is 0 Å². The van der Waals surface area contributed by atoms with Gasteiger partial charge < -0.3 is 10.1 Å². The highest BCUT2D eigenvalue weighted by Gasteiger charge is 2.51. The lowest BCUT2D eigenvalue weighted by Gasteiger charge is -2.29. The van der Waals surface area contributed by atoms with E-state index in [0.29, 0.717) is 11.8 Å². The Kier molecular flexibility index (Phi) is 4.27. The molecular weight excluding hydrogens is 242 g/mol. The van der Waals surface area contributed by atoms with Gasteiger partial charge in [-0.3, -0.25) is 9.59 Å². The molecule has 1 amide bonds. The quantitative estimate of drug-likeness (QED) is 0.625. The number of allylic oxidation sites excluding steroid dienone is 1. The molecule has 19 heavy (non-hydrogen) atoms. The topological polar surface area (TPSA) is 55.4 Å². The largest absolute Gasteiger partial charge is 0.469 e. The minimum Gasteiger partial charge on any atom is -0.469 e. The smallest absolute Gasteiger partial charge is 0.311 e. The first-order valence-corrected chi connectivity index (χ1v) is 7.13. The fourth-order valence-electron chi connectivity index (χ4n) is 3.64. The summed E-state index contributed by atoms with van der Waals surface area (Å²) >= 11 is 0. The second-order valence-corrected chi connectivity index (χ2v) is 5.68. The van der Waals surface area contributed by atoms with Crippen molar-refractivity contribution in [2.24, 2.45) is 17.8 Å². The highest BCUT2D eigenvalue weighted by atomic mass is 16.5. The molecule has 2 aliphatic rings. The number of hydrogen-bond donors (Lipinski definition) is 1. The van der Waals surface area contributed by atoms with E-state index in [1.54, 1.807) is 0 Å². The number of fused-ring (bicyclic) bond motifs is 2. The highest BCUT2D eigenvalue weighted by Crippen LogP contribution is 2.48. The maximum absolute atomic E-state index is 12.1. The molecule has 4 atom stereocenters. The van der Waals surface area contributed by atoms with E-state index in [4.69, 9.17) is 4.74 Å². The molecule has 4 nitrogen and oxygen atoms in total. The van der Waals surface area contributed by atoms with Crippen molar-refractivity contribution in [2.45, 2.75) is 45.6 Å². The van der Waals surface area contributed by atoms with Crippen LogP contribution in [-0.4, -0.2) is 25.0 Å². The zero-order valence-electron chi connectivity index (χ0n) is 11.9. The average Bonchev–Trinajstić information content (AvgIpc) is 2.99. The van der Waals surface area contributed by atoms with E-state index in [9.17, 15) is 9.59 Å². The minimum atomic E-state index is -0.172. The summed E-state index contributed by atoms with van der Waals surface area (Å²) in [6, 6.07) is -0.0427. The molecule has 0 unspecified atom stereocenters. The maximum Gasteiger partial charge on any atom is 0.311 e. The predicted molar refractivity (Wildman–Crippen MR) is 72.3 cm³/mol. The molecule has 0 aliphatic heterocycles. The molecule has 2 aliphatic carbocycles. The Balaban J connectivity index is 2.07. The van der Waals surface area contributed by atoms with Crippen molar-refractivity contribution in [3.8, 4) is 0 Å². The van der Waals surface area contributed by atoms with Gasteiger partial charge in [0, 0.05) is 11.6 Å². The van der Waals surface area contributed by atoms with Crippen LogP contribution in [0.15, 0.2) is 11.6 Å². The molecule has 0 spiro atoms. The first-order chi connectivity index (χ1) is 9.08. The van der Waals surface area contributed by atoms with Crippen molar-refractivity contribution in [3.63, 3.8) is 0 Å². The van der Waals surface area contributed by atoms with E-state index in [0.717, 1.165) is 31.3 Å². The number of hydrogen-bond acceptors (Lipinski definition) is 3. The first kappa shape index (κ1) is 14.1. The molecular formula is C15H23NO3. The second kappa shape index (κ2) is 5.76. The lowest BCUT2D eigenvalue weighted by atomic mass is 9.84. The lowest BCUT2D eigenvalue weighted by Crippen LogP contribution is -2.47. The number of carbonyl (C=O) groups excluding carboxylic acids is 2. The molecule has 0 aromatic carbocycles. The number of esters is 1. The van der Waals surface area contributed by atoms with Gasteiger partial charge in [0.25, 0.3) is 0 Å². The summed E-state index contributed by atoms with van der Waals surface area (Å²) < 4.78 is 4.90. The Bertz CT molecular complexity index is 402. The van der Waals surface area contributed by atoms with Crippen molar-refractivity contribution < 1.29 is 14.3 Å². The van der Waals surface area contributed by atoms with Gasteiger partial charge in [0.05, 0.1) is 13.0 Å². The van der Waals surface area contributed by atoms with Crippen molar-refractivity contribution in [2.75, 3.05) is 7.11 Å². The molecule has 0 radical (unpaired) electrons. The summed E-state index contributed by atoms with van der Waals surface area (Å²) in [5, 5.41) is 3.05. The standard InChI is InChI=1S/C15H23NO3/c1-4-5-9(2)14(17)16-13-11-7-6-10(8-11)12(13)15(18)19-3/h5,10-13H,4,6-8H2,1-3H3,(H,16,17)/b9-5-/t10-,11-,12+,13+/m0/s1. The van der Waals surface area contributed by atoms with Gasteiger partial charge in [-0.15, -0.1) is 0 Å². The van der Waals surface area contributed by atoms with Crippen LogP contribution >= 0.6 is 0 Å². The SMILES string of the molecule is CC/C=C(/C)C(=O)N[C@@H]1[C@H]2CC[C@@H](C2)[C@H]1C(=O)OC. The number of nitrogens with one attached hydrogen (secondary N) is 1. The predicted octanol–water partition coefficient (Wildman–Crippen LogP) is 2.05. The summed E-state index contributed by atoms with van der Waals surface area (Å²) in [6.45, 7) is 3.82. The summed E-state index contributed by atoms with van der Waals surface area (Å²) in [5.74, 6) is 0.454. The van der Waals surface area contributed by atoms with Crippen LogP contribution in [-0.2, 0) is 14.3 Å². The van der Waals surface area contributed by atoms with Crippen molar-refractivity contribution >= 4 is 11.9 Å². The number of methoxy groups -OCH3 is 1. The Morgan fingerprint density at radius 3 is 2.63 bits per heavy atom. The van der Waals surface area contributed by atoms with Crippen molar-refractivity contribution in [3.05, 3.63) is 11.6 Å². The normalized spacial score (nSPS) is 33.3. The summed E-state index contributed by atoms with van der Waals surface area (Å²) in [6.07, 6.45) is 5.99. The highest BCUT2D eigenvalue weighted by molar-refractivity contribution is 5.93. The van der Waals surface area contributed by atoms with E-state index in [1.807, 2.05) is 19.9 Å². The Hall–Kier alpha value is -1.32. The zero-order valence-corrected chi connectivity index (χ0v) is 11.9. The van der Waals surface area contributed by atoms with Gasteiger partial charge in [0.15, 0.2) is 0 Å². The van der Waals surface area contributed by atoms with Crippen LogP contribution in [0.4, 0.5) is 0 Å². The molecule has 2 fully saturated rings. The van der Waals surface area contributed by atoms with Crippen LogP contribution in [0.2, 0.25) is 0 Å². The summed E-state index contributed by atoms with van der Waals surface area (Å²) in [7, 11) is 1.43. The lowest BCUT2D eigenvalue weighted by molar-refractivity contribution is -0.148. The average molecular weight is 265 g/mol. The molecule has 4 heteroatoms. The van der Waals surface area contributed by atoms with Crippen molar-refractivity contribution in [1.29, 1.82) is 0 Å². The van der Waals surface area contributed by atoms with Gasteiger partial charge in [-0.05, 0) is 44.4 Å². The van der Waals surface area contributed by atoms with Gasteiger partial charge in [-0.2, -0.15) is 0 Å². The van der Waals surface area contributed by atoms with Gasteiger partial charge in [-0.25, -0.2) is 0 Å². The fourth-order valence-corrected chi connectivity index (χ4v) is 3.64. The van der Waals surface area contributed by atoms with Crippen LogP contribution < -0.4 is 5.32 Å². The molecule has 0 heterocycles. The molecule has 0 saturated heterocycles. The number of rotatable bonds is 4. The molecule has 1 N–H and O–H groups in total. The third-order valence-electron chi connectivity index (χ3n) is 4.56. The van der Waals surface area contributed by atoms with Crippen LogP contribution in [0.5, 0.6) is 0 Å². The third-order valence-corrected chi connectivity index (χ3v) is 4.56. The fraction of sp³-hybridized carbons (Fsp3) is 0.733.